The number of benzene rings is 2. The maximum absolute atomic E-state index is 13.0. The molecular formula is C20H17FN2O2S2. The zero-order chi connectivity index (χ0) is 19.2. The molecule has 1 heterocycles. The Hall–Kier alpha value is -2.64. The Morgan fingerprint density at radius 3 is 2.37 bits per heavy atom. The number of carbonyl (C=O) groups is 2. The minimum Gasteiger partial charge on any atom is -0.272 e. The SMILES string of the molecule is CC(Sc1ccccc1)C(=O)NNC(=O)c1ccc(-c2ccc(F)cc2)s1. The average molecular weight is 401 g/mol. The maximum atomic E-state index is 13.0. The maximum Gasteiger partial charge on any atom is 0.279 e. The molecule has 7 heteroatoms. The van der Waals surface area contributed by atoms with Gasteiger partial charge in [0.1, 0.15) is 5.82 Å². The number of hydrogen-bond acceptors (Lipinski definition) is 4. The van der Waals surface area contributed by atoms with Crippen molar-refractivity contribution in [2.24, 2.45) is 0 Å². The van der Waals surface area contributed by atoms with Crippen molar-refractivity contribution in [1.82, 2.24) is 10.9 Å². The summed E-state index contributed by atoms with van der Waals surface area (Å²) in [5, 5.41) is -0.356. The lowest BCUT2D eigenvalue weighted by Crippen LogP contribution is -2.44. The predicted octanol–water partition coefficient (Wildman–Crippen LogP) is 4.50. The number of carbonyl (C=O) groups excluding carboxylic acids is 2. The van der Waals surface area contributed by atoms with Crippen molar-refractivity contribution < 1.29 is 14.0 Å². The second kappa shape index (κ2) is 8.83. The Balaban J connectivity index is 1.54. The highest BCUT2D eigenvalue weighted by Gasteiger charge is 2.16. The van der Waals surface area contributed by atoms with Gasteiger partial charge in [-0.1, -0.05) is 30.3 Å². The Morgan fingerprint density at radius 1 is 0.963 bits per heavy atom. The van der Waals surface area contributed by atoms with Gasteiger partial charge in [0.05, 0.1) is 10.1 Å². The quantitative estimate of drug-likeness (QED) is 0.490. The predicted molar refractivity (Wildman–Crippen MR) is 107 cm³/mol. The van der Waals surface area contributed by atoms with Crippen LogP contribution in [0.3, 0.4) is 0 Å². The van der Waals surface area contributed by atoms with Crippen LogP contribution in [0.1, 0.15) is 16.6 Å². The van der Waals surface area contributed by atoms with Crippen LogP contribution in [-0.4, -0.2) is 17.1 Å². The van der Waals surface area contributed by atoms with E-state index in [1.54, 1.807) is 31.2 Å². The Labute approximate surface area is 164 Å². The largest absolute Gasteiger partial charge is 0.279 e. The van der Waals surface area contributed by atoms with Crippen LogP contribution in [-0.2, 0) is 4.79 Å². The molecule has 3 aromatic rings. The van der Waals surface area contributed by atoms with E-state index >= 15 is 0 Å². The molecule has 0 spiro atoms. The zero-order valence-corrected chi connectivity index (χ0v) is 16.1. The van der Waals surface area contributed by atoms with E-state index in [0.29, 0.717) is 4.88 Å². The van der Waals surface area contributed by atoms with Crippen molar-refractivity contribution in [3.05, 3.63) is 77.4 Å². The first-order chi connectivity index (χ1) is 13.0. The van der Waals surface area contributed by atoms with E-state index in [9.17, 15) is 14.0 Å². The van der Waals surface area contributed by atoms with Gasteiger partial charge in [-0.05, 0) is 48.9 Å². The summed E-state index contributed by atoms with van der Waals surface area (Å²) in [5.74, 6) is -0.982. The molecule has 4 nitrogen and oxygen atoms in total. The van der Waals surface area contributed by atoms with E-state index < -0.39 is 5.91 Å². The Morgan fingerprint density at radius 2 is 1.67 bits per heavy atom. The van der Waals surface area contributed by atoms with E-state index in [-0.39, 0.29) is 17.0 Å². The van der Waals surface area contributed by atoms with Crippen molar-refractivity contribution in [1.29, 1.82) is 0 Å². The molecule has 138 valence electrons. The second-order valence-corrected chi connectivity index (χ2v) is 8.19. The summed E-state index contributed by atoms with van der Waals surface area (Å²) in [5.41, 5.74) is 5.72. The summed E-state index contributed by atoms with van der Waals surface area (Å²) in [7, 11) is 0. The van der Waals surface area contributed by atoms with Gasteiger partial charge in [0, 0.05) is 9.77 Å². The molecular weight excluding hydrogens is 383 g/mol. The highest BCUT2D eigenvalue weighted by atomic mass is 32.2. The number of nitrogens with one attached hydrogen (secondary N) is 2. The molecule has 0 aliphatic rings. The number of halogens is 1. The number of hydrogen-bond donors (Lipinski definition) is 2. The van der Waals surface area contributed by atoms with Gasteiger partial charge in [-0.15, -0.1) is 23.1 Å². The van der Waals surface area contributed by atoms with Crippen LogP contribution in [0.5, 0.6) is 0 Å². The highest BCUT2D eigenvalue weighted by Crippen LogP contribution is 2.28. The monoisotopic (exact) mass is 400 g/mol. The molecule has 2 N–H and O–H groups in total. The second-order valence-electron chi connectivity index (χ2n) is 5.69. The van der Waals surface area contributed by atoms with Gasteiger partial charge in [0.15, 0.2) is 0 Å². The Bertz CT molecular complexity index is 927. The standard InChI is InChI=1S/C20H17FN2O2S2/c1-13(26-16-5-3-2-4-6-16)19(24)22-23-20(25)18-12-11-17(27-18)14-7-9-15(21)10-8-14/h2-13H,1H3,(H,22,24)(H,23,25). The van der Waals surface area contributed by atoms with E-state index in [4.69, 9.17) is 0 Å². The molecule has 0 radical (unpaired) electrons. The first-order valence-corrected chi connectivity index (χ1v) is 9.90. The van der Waals surface area contributed by atoms with Gasteiger partial charge in [-0.25, -0.2) is 4.39 Å². The van der Waals surface area contributed by atoms with E-state index in [1.165, 1.54) is 35.2 Å². The van der Waals surface area contributed by atoms with Crippen LogP contribution in [0.25, 0.3) is 10.4 Å². The van der Waals surface area contributed by atoms with Crippen LogP contribution in [0.4, 0.5) is 4.39 Å². The van der Waals surface area contributed by atoms with Gasteiger partial charge < -0.3 is 0 Å². The molecule has 0 fully saturated rings. The lowest BCUT2D eigenvalue weighted by molar-refractivity contribution is -0.121. The third-order valence-corrected chi connectivity index (χ3v) is 5.93. The van der Waals surface area contributed by atoms with Crippen molar-refractivity contribution in [3.8, 4) is 10.4 Å². The lowest BCUT2D eigenvalue weighted by Gasteiger charge is -2.12. The van der Waals surface area contributed by atoms with Crippen LogP contribution in [0.2, 0.25) is 0 Å². The van der Waals surface area contributed by atoms with Crippen molar-refractivity contribution in [2.45, 2.75) is 17.1 Å². The number of thioether (sulfide) groups is 1. The van der Waals surface area contributed by atoms with Crippen LogP contribution in [0, 0.1) is 5.82 Å². The zero-order valence-electron chi connectivity index (χ0n) is 14.4. The molecule has 3 rings (SSSR count). The molecule has 1 aromatic heterocycles. The third kappa shape index (κ3) is 5.18. The van der Waals surface area contributed by atoms with Gasteiger partial charge in [-0.2, -0.15) is 0 Å². The number of amides is 2. The lowest BCUT2D eigenvalue weighted by atomic mass is 10.2. The number of hydrazine groups is 1. The first-order valence-electron chi connectivity index (χ1n) is 8.20. The first kappa shape index (κ1) is 19.1. The third-order valence-electron chi connectivity index (χ3n) is 3.68. The number of thiophene rings is 1. The molecule has 1 unspecified atom stereocenters. The summed E-state index contributed by atoms with van der Waals surface area (Å²) >= 11 is 2.68. The molecule has 0 aliphatic heterocycles. The van der Waals surface area contributed by atoms with Gasteiger partial charge >= 0.3 is 0 Å². The average Bonchev–Trinajstić information content (AvgIpc) is 3.17. The van der Waals surface area contributed by atoms with E-state index in [1.807, 2.05) is 30.3 Å². The minimum absolute atomic E-state index is 0.285. The topological polar surface area (TPSA) is 58.2 Å². The molecule has 0 bridgehead atoms. The van der Waals surface area contributed by atoms with Crippen LogP contribution in [0.15, 0.2) is 71.6 Å². The number of rotatable bonds is 5. The van der Waals surface area contributed by atoms with Gasteiger partial charge in [-0.3, -0.25) is 20.4 Å². The molecule has 2 aromatic carbocycles. The van der Waals surface area contributed by atoms with E-state index in [0.717, 1.165) is 15.3 Å². The summed E-state index contributed by atoms with van der Waals surface area (Å²) < 4.78 is 13.0. The fraction of sp³-hybridized carbons (Fsp3) is 0.100. The molecule has 0 saturated carbocycles. The van der Waals surface area contributed by atoms with E-state index in [2.05, 4.69) is 10.9 Å². The fourth-order valence-corrected chi connectivity index (χ4v) is 4.06. The molecule has 2 amide bonds. The summed E-state index contributed by atoms with van der Waals surface area (Å²) in [4.78, 5) is 26.7. The Kier molecular flexibility index (Phi) is 6.26. The van der Waals surface area contributed by atoms with Crippen molar-refractivity contribution in [2.75, 3.05) is 0 Å². The minimum atomic E-state index is -0.390. The summed E-state index contributed by atoms with van der Waals surface area (Å²) in [6.07, 6.45) is 0. The highest BCUT2D eigenvalue weighted by molar-refractivity contribution is 8.00. The van der Waals surface area contributed by atoms with Crippen molar-refractivity contribution >= 4 is 34.9 Å². The molecule has 1 atom stereocenters. The summed E-state index contributed by atoms with van der Waals surface area (Å²) in [6.45, 7) is 1.77. The molecule has 27 heavy (non-hydrogen) atoms. The molecule has 0 saturated heterocycles. The smallest absolute Gasteiger partial charge is 0.272 e. The van der Waals surface area contributed by atoms with Crippen LogP contribution < -0.4 is 10.9 Å². The van der Waals surface area contributed by atoms with Gasteiger partial charge in [0.2, 0.25) is 0 Å². The summed E-state index contributed by atoms with van der Waals surface area (Å²) in [6, 6.07) is 19.1. The molecule has 0 aliphatic carbocycles. The normalized spacial score (nSPS) is 11.6. The van der Waals surface area contributed by atoms with Crippen molar-refractivity contribution in [3.63, 3.8) is 0 Å². The fourth-order valence-electron chi connectivity index (χ4n) is 2.27. The van der Waals surface area contributed by atoms with Crippen LogP contribution >= 0.6 is 23.1 Å². The van der Waals surface area contributed by atoms with Gasteiger partial charge in [0.25, 0.3) is 11.8 Å².